The molecule has 0 aliphatic heterocycles. The van der Waals surface area contributed by atoms with Crippen LogP contribution in [0.3, 0.4) is 0 Å². The Kier molecular flexibility index (Phi) is 6.79. The Morgan fingerprint density at radius 3 is 2.45 bits per heavy atom. The lowest BCUT2D eigenvalue weighted by Crippen LogP contribution is -2.27. The van der Waals surface area contributed by atoms with Crippen molar-refractivity contribution >= 4 is 11.9 Å². The Morgan fingerprint density at radius 1 is 1.03 bits per heavy atom. The molecule has 0 saturated heterocycles. The molecule has 0 atom stereocenters. The predicted molar refractivity (Wildman–Crippen MR) is 114 cm³/mol. The van der Waals surface area contributed by atoms with E-state index in [0.717, 1.165) is 23.4 Å². The maximum atomic E-state index is 12.8. The summed E-state index contributed by atoms with van der Waals surface area (Å²) < 4.78 is 5.18. The first-order chi connectivity index (χ1) is 14.0. The van der Waals surface area contributed by atoms with Gasteiger partial charge >= 0.3 is 0 Å². The SMILES string of the molecule is COc1ccc(CCNc2nc(C)cc(C(=O)N(C)Cc3ccccc3)n2)cc1. The molecular weight excluding hydrogens is 364 g/mol. The average Bonchev–Trinajstić information content (AvgIpc) is 2.74. The van der Waals surface area contributed by atoms with Crippen LogP contribution in [0, 0.1) is 6.92 Å². The molecule has 0 aliphatic rings. The van der Waals surface area contributed by atoms with Crippen LogP contribution in [0.5, 0.6) is 5.75 Å². The number of nitrogens with one attached hydrogen (secondary N) is 1. The van der Waals surface area contributed by atoms with Crippen LogP contribution in [0.15, 0.2) is 60.7 Å². The second-order valence-electron chi connectivity index (χ2n) is 6.89. The third-order valence-corrected chi connectivity index (χ3v) is 4.54. The number of amides is 1. The van der Waals surface area contributed by atoms with Gasteiger partial charge in [-0.1, -0.05) is 42.5 Å². The topological polar surface area (TPSA) is 67.3 Å². The lowest BCUT2D eigenvalue weighted by Gasteiger charge is -2.17. The van der Waals surface area contributed by atoms with Crippen LogP contribution >= 0.6 is 0 Å². The molecule has 29 heavy (non-hydrogen) atoms. The normalized spacial score (nSPS) is 10.4. The predicted octanol–water partition coefficient (Wildman–Crippen LogP) is 3.72. The van der Waals surface area contributed by atoms with E-state index in [0.29, 0.717) is 24.7 Å². The van der Waals surface area contributed by atoms with Gasteiger partial charge in [0.1, 0.15) is 11.4 Å². The van der Waals surface area contributed by atoms with Crippen molar-refractivity contribution in [2.45, 2.75) is 19.9 Å². The van der Waals surface area contributed by atoms with Crippen molar-refractivity contribution in [3.8, 4) is 5.75 Å². The maximum Gasteiger partial charge on any atom is 0.272 e. The number of carbonyl (C=O) groups excluding carboxylic acids is 1. The van der Waals surface area contributed by atoms with Gasteiger partial charge < -0.3 is 15.0 Å². The fourth-order valence-corrected chi connectivity index (χ4v) is 2.99. The summed E-state index contributed by atoms with van der Waals surface area (Å²) in [5, 5.41) is 3.22. The Morgan fingerprint density at radius 2 is 1.76 bits per heavy atom. The van der Waals surface area contributed by atoms with Crippen LogP contribution in [0.1, 0.15) is 27.3 Å². The van der Waals surface area contributed by atoms with Crippen molar-refractivity contribution in [2.24, 2.45) is 0 Å². The van der Waals surface area contributed by atoms with Gasteiger partial charge in [-0.05, 0) is 42.7 Å². The van der Waals surface area contributed by atoms with E-state index in [1.54, 1.807) is 25.1 Å². The van der Waals surface area contributed by atoms with Crippen LogP contribution in [0.4, 0.5) is 5.95 Å². The van der Waals surface area contributed by atoms with Crippen molar-refractivity contribution in [2.75, 3.05) is 26.0 Å². The molecule has 0 saturated carbocycles. The Bertz CT molecular complexity index is 943. The van der Waals surface area contributed by atoms with Crippen molar-refractivity contribution in [1.29, 1.82) is 0 Å². The Hall–Kier alpha value is -3.41. The van der Waals surface area contributed by atoms with Gasteiger partial charge in [0.2, 0.25) is 5.95 Å². The summed E-state index contributed by atoms with van der Waals surface area (Å²) in [6.07, 6.45) is 0.818. The number of carbonyl (C=O) groups is 1. The van der Waals surface area contributed by atoms with E-state index >= 15 is 0 Å². The van der Waals surface area contributed by atoms with E-state index in [9.17, 15) is 4.79 Å². The maximum absolute atomic E-state index is 12.8. The van der Waals surface area contributed by atoms with Crippen LogP contribution in [-0.2, 0) is 13.0 Å². The third kappa shape index (κ3) is 5.78. The largest absolute Gasteiger partial charge is 0.497 e. The van der Waals surface area contributed by atoms with Gasteiger partial charge in [0.15, 0.2) is 0 Å². The zero-order chi connectivity index (χ0) is 20.6. The zero-order valence-electron chi connectivity index (χ0n) is 17.1. The molecular formula is C23H26N4O2. The Balaban J connectivity index is 1.61. The summed E-state index contributed by atoms with van der Waals surface area (Å²) in [6, 6.07) is 19.6. The smallest absolute Gasteiger partial charge is 0.272 e. The van der Waals surface area contributed by atoms with E-state index in [1.165, 1.54) is 5.56 Å². The number of rotatable bonds is 8. The van der Waals surface area contributed by atoms with Crippen LogP contribution < -0.4 is 10.1 Å². The number of nitrogens with zero attached hydrogens (tertiary/aromatic N) is 3. The molecule has 150 valence electrons. The minimum atomic E-state index is -0.127. The van der Waals surface area contributed by atoms with Gasteiger partial charge in [-0.3, -0.25) is 4.79 Å². The molecule has 1 amide bonds. The summed E-state index contributed by atoms with van der Waals surface area (Å²) in [4.78, 5) is 23.3. The van der Waals surface area contributed by atoms with Crippen LogP contribution in [-0.4, -0.2) is 41.5 Å². The number of ether oxygens (including phenoxy) is 1. The molecule has 3 aromatic rings. The molecule has 0 unspecified atom stereocenters. The molecule has 1 heterocycles. The minimum Gasteiger partial charge on any atom is -0.497 e. The van der Waals surface area contributed by atoms with E-state index in [1.807, 2.05) is 61.5 Å². The van der Waals surface area contributed by atoms with Crippen LogP contribution in [0.2, 0.25) is 0 Å². The fourth-order valence-electron chi connectivity index (χ4n) is 2.99. The first-order valence-electron chi connectivity index (χ1n) is 9.57. The first kappa shape index (κ1) is 20.3. The Labute approximate surface area is 171 Å². The summed E-state index contributed by atoms with van der Waals surface area (Å²) >= 11 is 0. The second kappa shape index (κ2) is 9.68. The summed E-state index contributed by atoms with van der Waals surface area (Å²) in [5.74, 6) is 1.18. The molecule has 6 heteroatoms. The van der Waals surface area contributed by atoms with Crippen molar-refractivity contribution in [3.05, 3.63) is 83.2 Å². The number of benzene rings is 2. The van der Waals surface area contributed by atoms with Crippen molar-refractivity contribution in [3.63, 3.8) is 0 Å². The first-order valence-corrected chi connectivity index (χ1v) is 9.57. The number of aromatic nitrogens is 2. The molecule has 1 aromatic heterocycles. The highest BCUT2D eigenvalue weighted by atomic mass is 16.5. The van der Waals surface area contributed by atoms with Gasteiger partial charge in [0.05, 0.1) is 7.11 Å². The van der Waals surface area contributed by atoms with Gasteiger partial charge in [-0.2, -0.15) is 0 Å². The molecule has 6 nitrogen and oxygen atoms in total. The molecule has 1 N–H and O–H groups in total. The van der Waals surface area contributed by atoms with E-state index in [2.05, 4.69) is 15.3 Å². The highest BCUT2D eigenvalue weighted by Crippen LogP contribution is 2.13. The molecule has 0 fully saturated rings. The van der Waals surface area contributed by atoms with E-state index in [-0.39, 0.29) is 5.91 Å². The average molecular weight is 390 g/mol. The van der Waals surface area contributed by atoms with Gasteiger partial charge in [-0.25, -0.2) is 9.97 Å². The van der Waals surface area contributed by atoms with Crippen LogP contribution in [0.25, 0.3) is 0 Å². The summed E-state index contributed by atoms with van der Waals surface area (Å²) in [5.41, 5.74) is 3.41. The second-order valence-corrected chi connectivity index (χ2v) is 6.89. The monoisotopic (exact) mass is 390 g/mol. The highest BCUT2D eigenvalue weighted by molar-refractivity contribution is 5.92. The highest BCUT2D eigenvalue weighted by Gasteiger charge is 2.15. The molecule has 0 radical (unpaired) electrons. The van der Waals surface area contributed by atoms with Gasteiger partial charge in [0, 0.05) is 25.8 Å². The number of anilines is 1. The van der Waals surface area contributed by atoms with Gasteiger partial charge in [-0.15, -0.1) is 0 Å². The van der Waals surface area contributed by atoms with Gasteiger partial charge in [0.25, 0.3) is 5.91 Å². The number of aryl methyl sites for hydroxylation is 1. The molecule has 2 aromatic carbocycles. The third-order valence-electron chi connectivity index (χ3n) is 4.54. The molecule has 0 spiro atoms. The molecule has 0 aliphatic carbocycles. The standard InChI is InChI=1S/C23H26N4O2/c1-17-15-21(22(28)27(2)16-19-7-5-4-6-8-19)26-23(25-17)24-14-13-18-9-11-20(29-3)12-10-18/h4-12,15H,13-14,16H2,1-3H3,(H,24,25,26). The number of hydrogen-bond donors (Lipinski definition) is 1. The lowest BCUT2D eigenvalue weighted by atomic mass is 10.1. The van der Waals surface area contributed by atoms with Crippen molar-refractivity contribution < 1.29 is 9.53 Å². The number of hydrogen-bond acceptors (Lipinski definition) is 5. The van der Waals surface area contributed by atoms with E-state index in [4.69, 9.17) is 4.74 Å². The molecule has 3 rings (SSSR count). The van der Waals surface area contributed by atoms with E-state index < -0.39 is 0 Å². The lowest BCUT2D eigenvalue weighted by molar-refractivity contribution is 0.0779. The molecule has 0 bridgehead atoms. The number of methoxy groups -OCH3 is 1. The fraction of sp³-hybridized carbons (Fsp3) is 0.261. The van der Waals surface area contributed by atoms with Crippen molar-refractivity contribution in [1.82, 2.24) is 14.9 Å². The quantitative estimate of drug-likeness (QED) is 0.635. The minimum absolute atomic E-state index is 0.127. The summed E-state index contributed by atoms with van der Waals surface area (Å²) in [6.45, 7) is 3.07. The zero-order valence-corrected chi connectivity index (χ0v) is 17.1. The summed E-state index contributed by atoms with van der Waals surface area (Å²) in [7, 11) is 3.44.